The Bertz CT molecular complexity index is 850. The summed E-state index contributed by atoms with van der Waals surface area (Å²) >= 11 is 0. The van der Waals surface area contributed by atoms with Gasteiger partial charge in [-0.15, -0.1) is 0 Å². The van der Waals surface area contributed by atoms with Crippen LogP contribution in [0.5, 0.6) is 0 Å². The van der Waals surface area contributed by atoms with Crippen LogP contribution in [0.3, 0.4) is 0 Å². The molecule has 4 rings (SSSR count). The molecule has 2 amide bonds. The fourth-order valence-electron chi connectivity index (χ4n) is 3.89. The summed E-state index contributed by atoms with van der Waals surface area (Å²) in [7, 11) is 3.71. The van der Waals surface area contributed by atoms with E-state index in [0.717, 1.165) is 24.4 Å². The summed E-state index contributed by atoms with van der Waals surface area (Å²) in [4.78, 5) is 32.1. The molecule has 2 aliphatic rings. The predicted octanol–water partition coefficient (Wildman–Crippen LogP) is 1.54. The van der Waals surface area contributed by atoms with Gasteiger partial charge < -0.3 is 14.8 Å². The van der Waals surface area contributed by atoms with Gasteiger partial charge in [0.25, 0.3) is 0 Å². The number of carbonyl (C=O) groups excluding carboxylic acids is 2. The maximum atomic E-state index is 13.1. The first-order chi connectivity index (χ1) is 12.5. The number of anilines is 1. The average molecular weight is 356 g/mol. The lowest BCUT2D eigenvalue weighted by molar-refractivity contribution is -0.143. The van der Waals surface area contributed by atoms with Crippen molar-refractivity contribution in [1.29, 1.82) is 0 Å². The van der Waals surface area contributed by atoms with Gasteiger partial charge in [-0.3, -0.25) is 14.3 Å². The number of aromatic nitrogens is 4. The van der Waals surface area contributed by atoms with Crippen molar-refractivity contribution in [3.8, 4) is 0 Å². The van der Waals surface area contributed by atoms with Crippen LogP contribution < -0.4 is 5.32 Å². The molecule has 0 radical (unpaired) electrons. The van der Waals surface area contributed by atoms with E-state index in [1.54, 1.807) is 17.9 Å². The van der Waals surface area contributed by atoms with Crippen LogP contribution in [0, 0.1) is 12.8 Å². The zero-order valence-electron chi connectivity index (χ0n) is 15.3. The fraction of sp³-hybridized carbons (Fsp3) is 0.556. The highest BCUT2D eigenvalue weighted by Crippen LogP contribution is 2.43. The summed E-state index contributed by atoms with van der Waals surface area (Å²) in [6.07, 6.45) is 6.52. The van der Waals surface area contributed by atoms with E-state index in [1.807, 2.05) is 35.7 Å². The van der Waals surface area contributed by atoms with E-state index in [9.17, 15) is 9.59 Å². The molecule has 8 heteroatoms. The second-order valence-corrected chi connectivity index (χ2v) is 7.30. The number of amides is 2. The van der Waals surface area contributed by atoms with Gasteiger partial charge in [-0.1, -0.05) is 0 Å². The highest BCUT2D eigenvalue weighted by atomic mass is 16.2. The van der Waals surface area contributed by atoms with Crippen LogP contribution >= 0.6 is 0 Å². The van der Waals surface area contributed by atoms with Crippen LogP contribution in [-0.2, 0) is 23.7 Å². The minimum Gasteiger partial charge on any atom is -0.336 e. The highest BCUT2D eigenvalue weighted by molar-refractivity contribution is 5.94. The average Bonchev–Trinajstić information content (AvgIpc) is 3.26. The lowest BCUT2D eigenvalue weighted by atomic mass is 9.87. The quantitative estimate of drug-likeness (QED) is 0.901. The van der Waals surface area contributed by atoms with Gasteiger partial charge in [-0.25, -0.2) is 4.98 Å². The maximum absolute atomic E-state index is 13.1. The van der Waals surface area contributed by atoms with E-state index in [4.69, 9.17) is 0 Å². The molecule has 2 fully saturated rings. The van der Waals surface area contributed by atoms with E-state index in [-0.39, 0.29) is 29.8 Å². The second kappa shape index (κ2) is 6.26. The van der Waals surface area contributed by atoms with E-state index in [2.05, 4.69) is 15.4 Å². The molecule has 2 aromatic rings. The first kappa shape index (κ1) is 16.8. The Labute approximate surface area is 152 Å². The molecule has 2 aromatic heterocycles. The Balaban J connectivity index is 1.66. The lowest BCUT2D eigenvalue weighted by Gasteiger charge is -2.40. The third-order valence-electron chi connectivity index (χ3n) is 5.29. The van der Waals surface area contributed by atoms with Gasteiger partial charge in [0.2, 0.25) is 11.8 Å². The molecule has 8 nitrogen and oxygen atoms in total. The second-order valence-electron chi connectivity index (χ2n) is 7.30. The monoisotopic (exact) mass is 356 g/mol. The van der Waals surface area contributed by atoms with Crippen LogP contribution in [0.4, 0.5) is 5.82 Å². The van der Waals surface area contributed by atoms with Crippen LogP contribution in [0.25, 0.3) is 0 Å². The minimum atomic E-state index is -0.329. The highest BCUT2D eigenvalue weighted by Gasteiger charge is 2.48. The van der Waals surface area contributed by atoms with E-state index in [0.29, 0.717) is 18.7 Å². The smallest absolute Gasteiger partial charge is 0.231 e. The number of rotatable bonds is 4. The molecule has 1 aliphatic carbocycles. The van der Waals surface area contributed by atoms with Crippen molar-refractivity contribution in [2.24, 2.45) is 20.0 Å². The van der Waals surface area contributed by atoms with Crippen molar-refractivity contribution in [2.75, 3.05) is 5.32 Å². The van der Waals surface area contributed by atoms with E-state index < -0.39 is 0 Å². The van der Waals surface area contributed by atoms with Gasteiger partial charge in [0.15, 0.2) is 0 Å². The van der Waals surface area contributed by atoms with Crippen molar-refractivity contribution in [2.45, 2.75) is 44.7 Å². The van der Waals surface area contributed by atoms with Crippen molar-refractivity contribution in [3.05, 3.63) is 30.0 Å². The number of likely N-dealkylation sites (tertiary alicyclic amines) is 1. The molecular formula is C18H24N6O2. The molecule has 3 heterocycles. The first-order valence-electron chi connectivity index (χ1n) is 9.05. The van der Waals surface area contributed by atoms with Crippen molar-refractivity contribution in [3.63, 3.8) is 0 Å². The number of aryl methyl sites for hydroxylation is 3. The number of nitrogens with one attached hydrogen (secondary N) is 1. The molecule has 1 aliphatic heterocycles. The van der Waals surface area contributed by atoms with Gasteiger partial charge in [0, 0.05) is 45.0 Å². The summed E-state index contributed by atoms with van der Waals surface area (Å²) in [6, 6.07) is 1.76. The Kier molecular flexibility index (Phi) is 4.05. The molecule has 1 N–H and O–H groups in total. The van der Waals surface area contributed by atoms with Crippen LogP contribution in [0.15, 0.2) is 18.5 Å². The third-order valence-corrected chi connectivity index (χ3v) is 5.29. The number of carbonyl (C=O) groups is 2. The van der Waals surface area contributed by atoms with E-state index in [1.165, 1.54) is 0 Å². The zero-order chi connectivity index (χ0) is 18.4. The minimum absolute atomic E-state index is 0.0841. The molecule has 1 saturated carbocycles. The number of nitrogens with zero attached hydrogens (tertiary/aromatic N) is 5. The topological polar surface area (TPSA) is 85.0 Å². The SMILES string of the molecule is Cc1cc(NC(=O)[C@H]2CCC(=O)N(C3CC3)[C@@H]2c2nccn2C)n(C)n1. The summed E-state index contributed by atoms with van der Waals surface area (Å²) in [6.45, 7) is 1.89. The molecule has 138 valence electrons. The van der Waals surface area contributed by atoms with E-state index >= 15 is 0 Å². The summed E-state index contributed by atoms with van der Waals surface area (Å²) in [5.41, 5.74) is 0.849. The third kappa shape index (κ3) is 2.89. The lowest BCUT2D eigenvalue weighted by Crippen LogP contribution is -2.48. The van der Waals surface area contributed by atoms with Gasteiger partial charge in [0.1, 0.15) is 17.7 Å². The Hall–Kier alpha value is -2.64. The van der Waals surface area contributed by atoms with Crippen molar-refractivity contribution >= 4 is 17.6 Å². The Morgan fingerprint density at radius 2 is 2.04 bits per heavy atom. The molecule has 26 heavy (non-hydrogen) atoms. The Morgan fingerprint density at radius 3 is 2.62 bits per heavy atom. The standard InChI is InChI=1S/C18H24N6O2/c1-11-10-14(23(3)21-11)20-18(26)13-6-7-15(25)24(12-4-5-12)16(13)17-19-8-9-22(17)2/h8-10,12-13,16H,4-7H2,1-3H3,(H,20,26)/t13-,16-/m0/s1. The normalized spacial score (nSPS) is 23.3. The molecule has 0 aromatic carbocycles. The predicted molar refractivity (Wildman–Crippen MR) is 95.1 cm³/mol. The fourth-order valence-corrected chi connectivity index (χ4v) is 3.89. The van der Waals surface area contributed by atoms with Crippen LogP contribution in [0.2, 0.25) is 0 Å². The molecule has 1 saturated heterocycles. The molecular weight excluding hydrogens is 332 g/mol. The zero-order valence-corrected chi connectivity index (χ0v) is 15.3. The van der Waals surface area contributed by atoms with Gasteiger partial charge >= 0.3 is 0 Å². The number of hydrogen-bond acceptors (Lipinski definition) is 4. The summed E-state index contributed by atoms with van der Waals surface area (Å²) in [5.74, 6) is 1.15. The van der Waals surface area contributed by atoms with Crippen molar-refractivity contribution < 1.29 is 9.59 Å². The first-order valence-corrected chi connectivity index (χ1v) is 9.05. The summed E-state index contributed by atoms with van der Waals surface area (Å²) < 4.78 is 3.57. The molecule has 0 unspecified atom stereocenters. The van der Waals surface area contributed by atoms with Crippen LogP contribution in [0.1, 0.15) is 43.2 Å². The molecule has 0 spiro atoms. The van der Waals surface area contributed by atoms with Gasteiger partial charge in [0.05, 0.1) is 11.6 Å². The number of imidazole rings is 1. The van der Waals surface area contributed by atoms with Crippen molar-refractivity contribution in [1.82, 2.24) is 24.2 Å². The Morgan fingerprint density at radius 1 is 1.27 bits per heavy atom. The maximum Gasteiger partial charge on any atom is 0.231 e. The molecule has 2 atom stereocenters. The van der Waals surface area contributed by atoms with Gasteiger partial charge in [-0.2, -0.15) is 5.10 Å². The number of piperidine rings is 1. The van der Waals surface area contributed by atoms with Crippen LogP contribution in [-0.4, -0.2) is 42.1 Å². The largest absolute Gasteiger partial charge is 0.336 e. The molecule has 0 bridgehead atoms. The summed E-state index contributed by atoms with van der Waals surface area (Å²) in [5, 5.41) is 7.27. The number of hydrogen-bond donors (Lipinski definition) is 1. The van der Waals surface area contributed by atoms with Gasteiger partial charge in [-0.05, 0) is 26.2 Å².